The van der Waals surface area contributed by atoms with Gasteiger partial charge in [-0.25, -0.2) is 4.68 Å². The van der Waals surface area contributed by atoms with Gasteiger partial charge in [0.25, 0.3) is 0 Å². The molecule has 2 heterocycles. The monoisotopic (exact) mass is 343 g/mol. The average Bonchev–Trinajstić information content (AvgIpc) is 3.19. The van der Waals surface area contributed by atoms with E-state index in [1.807, 2.05) is 48.9 Å². The minimum absolute atomic E-state index is 0.0738. The minimum atomic E-state index is -0.302. The second-order valence-electron chi connectivity index (χ2n) is 6.61. The Morgan fingerprint density at radius 3 is 2.80 bits per heavy atom. The molecule has 3 atom stereocenters. The molecule has 25 heavy (non-hydrogen) atoms. The number of hydrogen-bond donors (Lipinski definition) is 2. The van der Waals surface area contributed by atoms with E-state index in [0.717, 1.165) is 22.6 Å². The molecule has 1 aliphatic rings. The normalized spacial score (nSPS) is 21.3. The van der Waals surface area contributed by atoms with Gasteiger partial charge in [0.05, 0.1) is 30.0 Å². The summed E-state index contributed by atoms with van der Waals surface area (Å²) < 4.78 is 7.82. The topological polar surface area (TPSA) is 76.4 Å². The summed E-state index contributed by atoms with van der Waals surface area (Å²) in [5.41, 5.74) is 3.84. The van der Waals surface area contributed by atoms with Gasteiger partial charge in [0.1, 0.15) is 0 Å². The van der Waals surface area contributed by atoms with E-state index in [0.29, 0.717) is 13.0 Å². The van der Waals surface area contributed by atoms with E-state index in [1.165, 1.54) is 0 Å². The number of benzene rings is 1. The van der Waals surface area contributed by atoms with Gasteiger partial charge >= 0.3 is 0 Å². The van der Waals surface area contributed by atoms with Crippen LogP contribution in [0.2, 0.25) is 0 Å². The number of amides is 1. The quantitative estimate of drug-likeness (QED) is 0.871. The van der Waals surface area contributed by atoms with Crippen molar-refractivity contribution in [1.29, 1.82) is 0 Å². The van der Waals surface area contributed by atoms with E-state index in [9.17, 15) is 4.79 Å². The van der Waals surface area contributed by atoms with E-state index in [-0.39, 0.29) is 30.6 Å². The lowest BCUT2D eigenvalue weighted by molar-refractivity contribution is -0.127. The van der Waals surface area contributed by atoms with Crippen molar-refractivity contribution in [2.45, 2.75) is 39.3 Å². The molecule has 2 aromatic rings. The number of para-hydroxylation sites is 1. The number of aliphatic hydroxyl groups is 1. The summed E-state index contributed by atoms with van der Waals surface area (Å²) >= 11 is 0. The van der Waals surface area contributed by atoms with Crippen molar-refractivity contribution in [1.82, 2.24) is 15.1 Å². The van der Waals surface area contributed by atoms with Crippen molar-refractivity contribution in [3.63, 3.8) is 0 Å². The van der Waals surface area contributed by atoms with Crippen molar-refractivity contribution in [3.05, 3.63) is 47.3 Å². The van der Waals surface area contributed by atoms with Crippen LogP contribution in [0.5, 0.6) is 0 Å². The van der Waals surface area contributed by atoms with Crippen LogP contribution in [0.1, 0.15) is 36.4 Å². The van der Waals surface area contributed by atoms with Gasteiger partial charge in [0.2, 0.25) is 5.91 Å². The van der Waals surface area contributed by atoms with Gasteiger partial charge in [-0.3, -0.25) is 4.79 Å². The summed E-state index contributed by atoms with van der Waals surface area (Å²) in [5.74, 6) is -0.338. The van der Waals surface area contributed by atoms with Crippen LogP contribution in [0.4, 0.5) is 0 Å². The highest BCUT2D eigenvalue weighted by Gasteiger charge is 2.38. The number of aliphatic hydroxyl groups excluding tert-OH is 1. The second-order valence-corrected chi connectivity index (χ2v) is 6.61. The number of aromatic nitrogens is 2. The van der Waals surface area contributed by atoms with Gasteiger partial charge in [-0.1, -0.05) is 18.2 Å². The number of nitrogens with one attached hydrogen (secondary N) is 1. The molecule has 0 aliphatic carbocycles. The smallest absolute Gasteiger partial charge is 0.226 e. The predicted octanol–water partition coefficient (Wildman–Crippen LogP) is 2.06. The fourth-order valence-corrected chi connectivity index (χ4v) is 3.43. The van der Waals surface area contributed by atoms with E-state index in [4.69, 9.17) is 9.84 Å². The lowest BCUT2D eigenvalue weighted by Crippen LogP contribution is -2.40. The first kappa shape index (κ1) is 17.6. The summed E-state index contributed by atoms with van der Waals surface area (Å²) in [7, 11) is 0. The Balaban J connectivity index is 1.91. The Labute approximate surface area is 147 Å². The standard InChI is InChI=1S/C19H25N3O3/c1-12(11-23)20-19(24)16-9-10-25-18(16)17-13(2)21-22(14(17)3)15-7-5-4-6-8-15/h4-8,12,16,18,23H,9-11H2,1-3H3,(H,20,24)/t12-,16-,18-/m0/s1. The Hall–Kier alpha value is -2.18. The fourth-order valence-electron chi connectivity index (χ4n) is 3.43. The Morgan fingerprint density at radius 2 is 2.12 bits per heavy atom. The molecule has 0 bridgehead atoms. The zero-order valence-corrected chi connectivity index (χ0v) is 14.9. The summed E-state index contributed by atoms with van der Waals surface area (Å²) in [4.78, 5) is 12.6. The van der Waals surface area contributed by atoms with E-state index in [1.54, 1.807) is 6.92 Å². The zero-order valence-electron chi connectivity index (χ0n) is 14.9. The molecule has 0 saturated carbocycles. The molecule has 2 N–H and O–H groups in total. The number of aryl methyl sites for hydroxylation is 1. The zero-order chi connectivity index (χ0) is 18.0. The van der Waals surface area contributed by atoms with Crippen LogP contribution >= 0.6 is 0 Å². The molecule has 1 saturated heterocycles. The molecule has 3 rings (SSSR count). The first-order valence-electron chi connectivity index (χ1n) is 8.67. The highest BCUT2D eigenvalue weighted by atomic mass is 16.5. The third-order valence-electron chi connectivity index (χ3n) is 4.72. The maximum Gasteiger partial charge on any atom is 0.226 e. The van der Waals surface area contributed by atoms with Crippen molar-refractivity contribution in [3.8, 4) is 5.69 Å². The summed E-state index contributed by atoms with van der Waals surface area (Å²) in [6.45, 7) is 6.22. The van der Waals surface area contributed by atoms with E-state index in [2.05, 4.69) is 10.4 Å². The molecular weight excluding hydrogens is 318 g/mol. The average molecular weight is 343 g/mol. The van der Waals surface area contributed by atoms with Crippen molar-refractivity contribution < 1.29 is 14.6 Å². The lowest BCUT2D eigenvalue weighted by atomic mass is 9.93. The van der Waals surface area contributed by atoms with Crippen LogP contribution in [0.3, 0.4) is 0 Å². The Morgan fingerprint density at radius 1 is 1.40 bits per heavy atom. The van der Waals surface area contributed by atoms with Crippen LogP contribution in [0.15, 0.2) is 30.3 Å². The number of nitrogens with zero attached hydrogens (tertiary/aromatic N) is 2. The number of ether oxygens (including phenoxy) is 1. The highest BCUT2D eigenvalue weighted by molar-refractivity contribution is 5.80. The molecule has 6 nitrogen and oxygen atoms in total. The lowest BCUT2D eigenvalue weighted by Gasteiger charge is -2.21. The highest BCUT2D eigenvalue weighted by Crippen LogP contribution is 2.38. The van der Waals surface area contributed by atoms with Gasteiger partial charge in [-0.2, -0.15) is 5.10 Å². The molecule has 1 aromatic heterocycles. The molecular formula is C19H25N3O3. The van der Waals surface area contributed by atoms with Gasteiger partial charge in [-0.15, -0.1) is 0 Å². The molecule has 0 unspecified atom stereocenters. The maximum absolute atomic E-state index is 12.6. The molecule has 1 aromatic carbocycles. The Kier molecular flexibility index (Phi) is 5.20. The largest absolute Gasteiger partial charge is 0.394 e. The third-order valence-corrected chi connectivity index (χ3v) is 4.72. The minimum Gasteiger partial charge on any atom is -0.394 e. The van der Waals surface area contributed by atoms with Crippen LogP contribution in [-0.4, -0.2) is 40.0 Å². The van der Waals surface area contributed by atoms with E-state index < -0.39 is 0 Å². The number of rotatable bonds is 5. The van der Waals surface area contributed by atoms with Crippen LogP contribution in [0, 0.1) is 19.8 Å². The summed E-state index contributed by atoms with van der Waals surface area (Å²) in [6.07, 6.45) is 0.368. The predicted molar refractivity (Wildman–Crippen MR) is 94.5 cm³/mol. The van der Waals surface area contributed by atoms with Crippen LogP contribution in [-0.2, 0) is 9.53 Å². The number of hydrogen-bond acceptors (Lipinski definition) is 4. The first-order chi connectivity index (χ1) is 12.0. The molecule has 134 valence electrons. The van der Waals surface area contributed by atoms with Crippen LogP contribution in [0.25, 0.3) is 5.69 Å². The summed E-state index contributed by atoms with van der Waals surface area (Å²) in [5, 5.41) is 16.7. The molecule has 1 amide bonds. The molecule has 0 radical (unpaired) electrons. The van der Waals surface area contributed by atoms with Crippen molar-refractivity contribution in [2.75, 3.05) is 13.2 Å². The SMILES string of the molecule is Cc1nn(-c2ccccc2)c(C)c1[C@H]1OCC[C@@H]1C(=O)N[C@@H](C)CO. The Bertz CT molecular complexity index is 742. The molecule has 0 spiro atoms. The second kappa shape index (κ2) is 7.37. The van der Waals surface area contributed by atoms with Gasteiger partial charge in [0.15, 0.2) is 0 Å². The van der Waals surface area contributed by atoms with Crippen molar-refractivity contribution >= 4 is 5.91 Å². The summed E-state index contributed by atoms with van der Waals surface area (Å²) in [6, 6.07) is 9.67. The first-order valence-corrected chi connectivity index (χ1v) is 8.67. The molecule has 1 aliphatic heterocycles. The third kappa shape index (κ3) is 3.45. The fraction of sp³-hybridized carbons (Fsp3) is 0.474. The van der Waals surface area contributed by atoms with Crippen molar-refractivity contribution in [2.24, 2.45) is 5.92 Å². The number of carbonyl (C=O) groups excluding carboxylic acids is 1. The van der Waals surface area contributed by atoms with Gasteiger partial charge < -0.3 is 15.2 Å². The van der Waals surface area contributed by atoms with E-state index >= 15 is 0 Å². The maximum atomic E-state index is 12.6. The van der Waals surface area contributed by atoms with Crippen LogP contribution < -0.4 is 5.32 Å². The molecule has 6 heteroatoms. The van der Waals surface area contributed by atoms with Gasteiger partial charge in [-0.05, 0) is 39.3 Å². The number of carbonyl (C=O) groups is 1. The molecule has 1 fully saturated rings. The van der Waals surface area contributed by atoms with Gasteiger partial charge in [0, 0.05) is 23.9 Å².